The van der Waals surface area contributed by atoms with Crippen molar-refractivity contribution in [2.45, 2.75) is 19.4 Å². The number of hydrogen-bond donors (Lipinski definition) is 2. The first-order valence-corrected chi connectivity index (χ1v) is 6.57. The van der Waals surface area contributed by atoms with E-state index in [1.54, 1.807) is 36.3 Å². The molecule has 2 heterocycles. The molecular formula is C14H19N5O. The van der Waals surface area contributed by atoms with Crippen LogP contribution >= 0.6 is 0 Å². The number of pyridine rings is 1. The molecule has 2 aromatic heterocycles. The quantitative estimate of drug-likeness (QED) is 0.870. The lowest BCUT2D eigenvalue weighted by molar-refractivity contribution is 0.0936. The van der Waals surface area contributed by atoms with Crippen LogP contribution in [0.15, 0.2) is 30.7 Å². The molecule has 6 heteroatoms. The molecule has 2 aromatic rings. The molecule has 0 radical (unpaired) electrons. The van der Waals surface area contributed by atoms with Crippen molar-refractivity contribution < 1.29 is 4.79 Å². The third kappa shape index (κ3) is 2.96. The molecule has 0 spiro atoms. The van der Waals surface area contributed by atoms with E-state index in [-0.39, 0.29) is 11.9 Å². The van der Waals surface area contributed by atoms with Crippen molar-refractivity contribution in [1.82, 2.24) is 20.1 Å². The molecule has 0 saturated heterocycles. The molecule has 0 fully saturated rings. The number of carbonyl (C=O) groups is 1. The van der Waals surface area contributed by atoms with Gasteiger partial charge in [-0.15, -0.1) is 0 Å². The van der Waals surface area contributed by atoms with E-state index in [1.165, 1.54) is 0 Å². The van der Waals surface area contributed by atoms with Gasteiger partial charge < -0.3 is 10.6 Å². The van der Waals surface area contributed by atoms with Crippen LogP contribution in [0.4, 0.5) is 5.82 Å². The predicted molar refractivity (Wildman–Crippen MR) is 77.5 cm³/mol. The summed E-state index contributed by atoms with van der Waals surface area (Å²) in [6, 6.07) is 3.45. The minimum Gasteiger partial charge on any atom is -0.372 e. The fraction of sp³-hybridized carbons (Fsp3) is 0.357. The van der Waals surface area contributed by atoms with Crippen LogP contribution in [0, 0.1) is 0 Å². The third-order valence-electron chi connectivity index (χ3n) is 3.13. The molecule has 0 aliphatic rings. The van der Waals surface area contributed by atoms with Crippen LogP contribution in [-0.4, -0.2) is 27.7 Å². The van der Waals surface area contributed by atoms with E-state index >= 15 is 0 Å². The van der Waals surface area contributed by atoms with Gasteiger partial charge in [0.25, 0.3) is 5.91 Å². The summed E-state index contributed by atoms with van der Waals surface area (Å²) in [5.41, 5.74) is 1.54. The molecular weight excluding hydrogens is 254 g/mol. The second-order valence-corrected chi connectivity index (χ2v) is 4.53. The fourth-order valence-electron chi connectivity index (χ4n) is 2.06. The van der Waals surface area contributed by atoms with E-state index in [0.717, 1.165) is 12.0 Å². The summed E-state index contributed by atoms with van der Waals surface area (Å²) in [6.07, 6.45) is 6.14. The second-order valence-electron chi connectivity index (χ2n) is 4.53. The first-order chi connectivity index (χ1) is 9.65. The molecule has 1 atom stereocenters. The van der Waals surface area contributed by atoms with E-state index in [2.05, 4.69) is 20.7 Å². The lowest BCUT2D eigenvalue weighted by Crippen LogP contribution is -2.28. The van der Waals surface area contributed by atoms with E-state index in [1.807, 2.05) is 20.2 Å². The Balaban J connectivity index is 2.17. The van der Waals surface area contributed by atoms with Crippen LogP contribution < -0.4 is 10.6 Å². The van der Waals surface area contributed by atoms with Gasteiger partial charge in [-0.05, 0) is 18.6 Å². The fourth-order valence-corrected chi connectivity index (χ4v) is 2.06. The highest BCUT2D eigenvalue weighted by Gasteiger charge is 2.17. The molecule has 0 saturated carbocycles. The molecule has 0 bridgehead atoms. The molecule has 0 aliphatic heterocycles. The Hall–Kier alpha value is -2.37. The van der Waals surface area contributed by atoms with E-state index < -0.39 is 0 Å². The summed E-state index contributed by atoms with van der Waals surface area (Å²) < 4.78 is 1.73. The molecule has 2 N–H and O–H groups in total. The standard InChI is InChI=1S/C14H19N5O/c1-4-12(10-8-17-19(3)9-10)18-14(20)11-6-5-7-16-13(11)15-2/h5-9,12H,4H2,1-3H3,(H,15,16)(H,18,20). The highest BCUT2D eigenvalue weighted by molar-refractivity contribution is 5.98. The third-order valence-corrected chi connectivity index (χ3v) is 3.13. The van der Waals surface area contributed by atoms with E-state index in [4.69, 9.17) is 0 Å². The summed E-state index contributed by atoms with van der Waals surface area (Å²) >= 11 is 0. The number of carbonyl (C=O) groups excluding carboxylic acids is 1. The Bertz CT molecular complexity index is 593. The van der Waals surface area contributed by atoms with Crippen molar-refractivity contribution >= 4 is 11.7 Å². The number of amides is 1. The Morgan fingerprint density at radius 1 is 1.50 bits per heavy atom. The SMILES string of the molecule is CCC(NC(=O)c1cccnc1NC)c1cnn(C)c1. The van der Waals surface area contributed by atoms with Crippen LogP contribution in [0.5, 0.6) is 0 Å². The van der Waals surface area contributed by atoms with Gasteiger partial charge >= 0.3 is 0 Å². The van der Waals surface area contributed by atoms with Gasteiger partial charge in [0.15, 0.2) is 0 Å². The first-order valence-electron chi connectivity index (χ1n) is 6.57. The summed E-state index contributed by atoms with van der Waals surface area (Å²) in [7, 11) is 3.61. The van der Waals surface area contributed by atoms with Gasteiger partial charge in [0, 0.05) is 32.1 Å². The highest BCUT2D eigenvalue weighted by atomic mass is 16.1. The van der Waals surface area contributed by atoms with Crippen molar-refractivity contribution in [3.63, 3.8) is 0 Å². The maximum atomic E-state index is 12.4. The zero-order valence-corrected chi connectivity index (χ0v) is 11.9. The van der Waals surface area contributed by atoms with Crippen molar-refractivity contribution in [2.75, 3.05) is 12.4 Å². The Morgan fingerprint density at radius 2 is 2.30 bits per heavy atom. The van der Waals surface area contributed by atoms with Crippen LogP contribution in [-0.2, 0) is 7.05 Å². The van der Waals surface area contributed by atoms with Crippen molar-refractivity contribution in [3.8, 4) is 0 Å². The van der Waals surface area contributed by atoms with Crippen LogP contribution in [0.1, 0.15) is 35.3 Å². The maximum absolute atomic E-state index is 12.4. The number of nitrogens with zero attached hydrogens (tertiary/aromatic N) is 3. The monoisotopic (exact) mass is 273 g/mol. The van der Waals surface area contributed by atoms with Gasteiger partial charge in [-0.1, -0.05) is 6.92 Å². The highest BCUT2D eigenvalue weighted by Crippen LogP contribution is 2.18. The summed E-state index contributed by atoms with van der Waals surface area (Å²) in [4.78, 5) is 16.5. The molecule has 20 heavy (non-hydrogen) atoms. The largest absolute Gasteiger partial charge is 0.372 e. The molecule has 1 unspecified atom stereocenters. The zero-order chi connectivity index (χ0) is 14.5. The number of nitrogens with one attached hydrogen (secondary N) is 2. The smallest absolute Gasteiger partial charge is 0.255 e. The Labute approximate surface area is 118 Å². The van der Waals surface area contributed by atoms with E-state index in [9.17, 15) is 4.79 Å². The van der Waals surface area contributed by atoms with Crippen LogP contribution in [0.3, 0.4) is 0 Å². The van der Waals surface area contributed by atoms with Crippen molar-refractivity contribution in [2.24, 2.45) is 7.05 Å². The molecule has 6 nitrogen and oxygen atoms in total. The minimum atomic E-state index is -0.141. The molecule has 2 rings (SSSR count). The molecule has 0 aliphatic carbocycles. The topological polar surface area (TPSA) is 71.8 Å². The molecule has 0 aromatic carbocycles. The Morgan fingerprint density at radius 3 is 2.90 bits per heavy atom. The zero-order valence-electron chi connectivity index (χ0n) is 11.9. The second kappa shape index (κ2) is 6.18. The van der Waals surface area contributed by atoms with Gasteiger partial charge in [0.1, 0.15) is 5.82 Å². The van der Waals surface area contributed by atoms with Gasteiger partial charge in [-0.25, -0.2) is 4.98 Å². The number of aromatic nitrogens is 3. The number of aryl methyl sites for hydroxylation is 1. The molecule has 1 amide bonds. The van der Waals surface area contributed by atoms with Crippen molar-refractivity contribution in [1.29, 1.82) is 0 Å². The number of rotatable bonds is 5. The summed E-state index contributed by atoms with van der Waals surface area (Å²) in [6.45, 7) is 2.03. The lowest BCUT2D eigenvalue weighted by Gasteiger charge is -2.16. The van der Waals surface area contributed by atoms with Gasteiger partial charge in [-0.2, -0.15) is 5.10 Å². The predicted octanol–water partition coefficient (Wildman–Crippen LogP) is 1.74. The van der Waals surface area contributed by atoms with E-state index in [0.29, 0.717) is 11.4 Å². The normalized spacial score (nSPS) is 11.9. The van der Waals surface area contributed by atoms with Gasteiger partial charge in [-0.3, -0.25) is 9.48 Å². The Kier molecular flexibility index (Phi) is 4.34. The lowest BCUT2D eigenvalue weighted by atomic mass is 10.1. The average Bonchev–Trinajstić information content (AvgIpc) is 2.90. The maximum Gasteiger partial charge on any atom is 0.255 e. The van der Waals surface area contributed by atoms with Crippen LogP contribution in [0.2, 0.25) is 0 Å². The van der Waals surface area contributed by atoms with Gasteiger partial charge in [0.2, 0.25) is 0 Å². The molecule has 106 valence electrons. The van der Waals surface area contributed by atoms with Crippen molar-refractivity contribution in [3.05, 3.63) is 41.9 Å². The summed E-state index contributed by atoms with van der Waals surface area (Å²) in [5, 5.41) is 10.1. The minimum absolute atomic E-state index is 0.0545. The first kappa shape index (κ1) is 14.0. The number of hydrogen-bond acceptors (Lipinski definition) is 4. The van der Waals surface area contributed by atoms with Crippen LogP contribution in [0.25, 0.3) is 0 Å². The number of anilines is 1. The van der Waals surface area contributed by atoms with Gasteiger partial charge in [0.05, 0.1) is 17.8 Å². The summed E-state index contributed by atoms with van der Waals surface area (Å²) in [5.74, 6) is 0.434. The average molecular weight is 273 g/mol.